The molecule has 0 saturated carbocycles. The van der Waals surface area contributed by atoms with Gasteiger partial charge in [0.05, 0.1) is 29.5 Å². The topological polar surface area (TPSA) is 69.3 Å². The third-order valence-corrected chi connectivity index (χ3v) is 3.98. The number of hydrogen-bond donors (Lipinski definition) is 0. The number of halogens is 1. The van der Waals surface area contributed by atoms with Crippen LogP contribution in [-0.2, 0) is 6.54 Å². The molecule has 0 N–H and O–H groups in total. The maximum atomic E-state index is 12.6. The monoisotopic (exact) mass is 338 g/mol. The molecule has 0 spiro atoms. The summed E-state index contributed by atoms with van der Waals surface area (Å²) in [5, 5.41) is 0.996. The Morgan fingerprint density at radius 2 is 1.96 bits per heavy atom. The van der Waals surface area contributed by atoms with E-state index in [0.717, 1.165) is 0 Å². The fourth-order valence-electron chi connectivity index (χ4n) is 2.60. The van der Waals surface area contributed by atoms with Gasteiger partial charge in [-0.2, -0.15) is 0 Å². The summed E-state index contributed by atoms with van der Waals surface area (Å²) in [7, 11) is 0. The van der Waals surface area contributed by atoms with Crippen molar-refractivity contribution in [2.45, 2.75) is 6.54 Å². The first-order valence-electron chi connectivity index (χ1n) is 7.24. The number of rotatable bonds is 2. The average Bonchev–Trinajstić information content (AvgIpc) is 2.57. The van der Waals surface area contributed by atoms with E-state index in [1.807, 2.05) is 0 Å². The molecule has 0 fully saturated rings. The normalized spacial score (nSPS) is 11.2. The lowest BCUT2D eigenvalue weighted by Gasteiger charge is -2.07. The minimum absolute atomic E-state index is 0.172. The van der Waals surface area contributed by atoms with Gasteiger partial charge >= 0.3 is 0 Å². The first-order valence-corrected chi connectivity index (χ1v) is 7.62. The molecular weight excluding hydrogens is 328 g/mol. The quantitative estimate of drug-likeness (QED) is 0.561. The highest BCUT2D eigenvalue weighted by atomic mass is 35.5. The van der Waals surface area contributed by atoms with E-state index < -0.39 is 0 Å². The lowest BCUT2D eigenvalue weighted by atomic mass is 10.2. The van der Waals surface area contributed by atoms with Crippen LogP contribution in [0, 0.1) is 0 Å². The Morgan fingerprint density at radius 1 is 1.08 bits per heavy atom. The maximum Gasteiger partial charge on any atom is 0.261 e. The molecule has 0 aliphatic carbocycles. The summed E-state index contributed by atoms with van der Waals surface area (Å²) >= 11 is 5.92. The highest BCUT2D eigenvalue weighted by molar-refractivity contribution is 6.31. The molecule has 0 bridgehead atoms. The highest BCUT2D eigenvalue weighted by Crippen LogP contribution is 2.14. The molecule has 4 aromatic rings. The molecule has 0 unspecified atom stereocenters. The molecular formula is C17H11ClN4O2. The van der Waals surface area contributed by atoms with Gasteiger partial charge in [-0.1, -0.05) is 17.7 Å². The second-order valence-electron chi connectivity index (χ2n) is 5.35. The van der Waals surface area contributed by atoms with Crippen molar-refractivity contribution in [1.82, 2.24) is 18.9 Å². The average molecular weight is 339 g/mol. The number of aromatic nitrogens is 4. The van der Waals surface area contributed by atoms with E-state index in [4.69, 9.17) is 11.6 Å². The molecule has 7 heteroatoms. The third-order valence-electron chi connectivity index (χ3n) is 3.74. The van der Waals surface area contributed by atoms with E-state index in [0.29, 0.717) is 27.3 Å². The molecule has 3 aromatic heterocycles. The van der Waals surface area contributed by atoms with E-state index in [-0.39, 0.29) is 17.7 Å². The van der Waals surface area contributed by atoms with Crippen LogP contribution < -0.4 is 11.1 Å². The Balaban J connectivity index is 1.82. The number of pyridine rings is 1. The van der Waals surface area contributed by atoms with Gasteiger partial charge in [0.2, 0.25) is 0 Å². The van der Waals surface area contributed by atoms with Crippen molar-refractivity contribution in [3.8, 4) is 0 Å². The molecule has 0 amide bonds. The van der Waals surface area contributed by atoms with Crippen molar-refractivity contribution >= 4 is 28.2 Å². The zero-order valence-electron chi connectivity index (χ0n) is 12.4. The van der Waals surface area contributed by atoms with E-state index in [9.17, 15) is 9.59 Å². The van der Waals surface area contributed by atoms with Crippen LogP contribution in [0.15, 0.2) is 64.6 Å². The lowest BCUT2D eigenvalue weighted by molar-refractivity contribution is 0.727. The summed E-state index contributed by atoms with van der Waals surface area (Å²) in [6, 6.07) is 11.7. The van der Waals surface area contributed by atoms with Crippen molar-refractivity contribution in [2.24, 2.45) is 0 Å². The second kappa shape index (κ2) is 5.58. The van der Waals surface area contributed by atoms with Crippen LogP contribution in [-0.4, -0.2) is 18.9 Å². The standard InChI is InChI=1S/C17H11ClN4O2/c18-11-4-5-13-14(7-11)19-10-21(17(13)24)9-12-8-16(23)22-6-2-1-3-15(22)20-12/h1-8,10H,9H2. The van der Waals surface area contributed by atoms with Gasteiger partial charge in [-0.05, 0) is 30.3 Å². The molecule has 4 rings (SSSR count). The van der Waals surface area contributed by atoms with Crippen LogP contribution >= 0.6 is 11.6 Å². The Morgan fingerprint density at radius 3 is 2.83 bits per heavy atom. The zero-order chi connectivity index (χ0) is 16.7. The van der Waals surface area contributed by atoms with E-state index in [1.54, 1.807) is 42.6 Å². The summed E-state index contributed by atoms with van der Waals surface area (Å²) in [5.74, 6) is 0. The molecule has 118 valence electrons. The fourth-order valence-corrected chi connectivity index (χ4v) is 2.77. The predicted molar refractivity (Wildman–Crippen MR) is 91.6 cm³/mol. The van der Waals surface area contributed by atoms with Gasteiger partial charge < -0.3 is 0 Å². The largest absolute Gasteiger partial charge is 0.293 e. The molecule has 0 aliphatic heterocycles. The van der Waals surface area contributed by atoms with E-state index in [1.165, 1.54) is 21.4 Å². The SMILES string of the molecule is O=c1c2ccc(Cl)cc2ncn1Cc1cc(=O)n2ccccc2n1. The molecule has 24 heavy (non-hydrogen) atoms. The Hall–Kier alpha value is -2.99. The van der Waals surface area contributed by atoms with Gasteiger partial charge in [-0.15, -0.1) is 0 Å². The van der Waals surface area contributed by atoms with Crippen LogP contribution in [0.3, 0.4) is 0 Å². The predicted octanol–water partition coefficient (Wildman–Crippen LogP) is 2.11. The number of benzene rings is 1. The molecule has 6 nitrogen and oxygen atoms in total. The molecule has 0 atom stereocenters. The van der Waals surface area contributed by atoms with Crippen molar-refractivity contribution in [3.63, 3.8) is 0 Å². The maximum absolute atomic E-state index is 12.6. The first kappa shape index (κ1) is 14.6. The van der Waals surface area contributed by atoms with Crippen molar-refractivity contribution in [2.75, 3.05) is 0 Å². The highest BCUT2D eigenvalue weighted by Gasteiger charge is 2.07. The number of hydrogen-bond acceptors (Lipinski definition) is 4. The summed E-state index contributed by atoms with van der Waals surface area (Å²) < 4.78 is 2.88. The van der Waals surface area contributed by atoms with Crippen LogP contribution in [0.1, 0.15) is 5.69 Å². The Labute approximate surface area is 140 Å². The lowest BCUT2D eigenvalue weighted by Crippen LogP contribution is -2.23. The van der Waals surface area contributed by atoms with Crippen LogP contribution in [0.4, 0.5) is 0 Å². The smallest absolute Gasteiger partial charge is 0.261 e. The van der Waals surface area contributed by atoms with Gasteiger partial charge in [-0.3, -0.25) is 18.6 Å². The molecule has 0 saturated heterocycles. The van der Waals surface area contributed by atoms with E-state index in [2.05, 4.69) is 9.97 Å². The van der Waals surface area contributed by atoms with Crippen molar-refractivity contribution < 1.29 is 0 Å². The zero-order valence-corrected chi connectivity index (χ0v) is 13.1. The van der Waals surface area contributed by atoms with Crippen LogP contribution in [0.25, 0.3) is 16.6 Å². The molecule has 1 aromatic carbocycles. The molecule has 0 radical (unpaired) electrons. The number of fused-ring (bicyclic) bond motifs is 2. The number of nitrogens with zero attached hydrogens (tertiary/aromatic N) is 4. The summed E-state index contributed by atoms with van der Waals surface area (Å²) in [5.41, 5.74) is 1.18. The fraction of sp³-hybridized carbons (Fsp3) is 0.0588. The van der Waals surface area contributed by atoms with Gasteiger partial charge in [-0.25, -0.2) is 9.97 Å². The Bertz CT molecular complexity index is 1200. The van der Waals surface area contributed by atoms with Gasteiger partial charge in [0.15, 0.2) is 0 Å². The second-order valence-corrected chi connectivity index (χ2v) is 5.79. The summed E-state index contributed by atoms with van der Waals surface area (Å²) in [4.78, 5) is 33.4. The van der Waals surface area contributed by atoms with Gasteiger partial charge in [0.25, 0.3) is 11.1 Å². The minimum Gasteiger partial charge on any atom is -0.293 e. The van der Waals surface area contributed by atoms with Crippen LogP contribution in [0.5, 0.6) is 0 Å². The summed E-state index contributed by atoms with van der Waals surface area (Å²) in [6.45, 7) is 0.172. The molecule has 3 heterocycles. The van der Waals surface area contributed by atoms with Crippen molar-refractivity contribution in [1.29, 1.82) is 0 Å². The minimum atomic E-state index is -0.202. The van der Waals surface area contributed by atoms with Gasteiger partial charge in [0, 0.05) is 17.3 Å². The summed E-state index contributed by atoms with van der Waals surface area (Å²) in [6.07, 6.45) is 3.09. The third kappa shape index (κ3) is 2.47. The Kier molecular flexibility index (Phi) is 3.39. The van der Waals surface area contributed by atoms with Crippen molar-refractivity contribution in [3.05, 3.63) is 86.4 Å². The van der Waals surface area contributed by atoms with E-state index >= 15 is 0 Å². The first-order chi connectivity index (χ1) is 11.6. The molecule has 0 aliphatic rings. The van der Waals surface area contributed by atoms with Crippen LogP contribution in [0.2, 0.25) is 5.02 Å². The van der Waals surface area contributed by atoms with Gasteiger partial charge in [0.1, 0.15) is 5.65 Å².